The zero-order valence-electron chi connectivity index (χ0n) is 12.2. The van der Waals surface area contributed by atoms with Gasteiger partial charge in [-0.15, -0.1) is 0 Å². The molecular weight excluding hydrogens is 290 g/mol. The second-order valence-electron chi connectivity index (χ2n) is 4.90. The lowest BCUT2D eigenvalue weighted by Crippen LogP contribution is -2.43. The summed E-state index contributed by atoms with van der Waals surface area (Å²) in [5.74, 6) is -1.67. The molecule has 114 valence electrons. The fourth-order valence-corrected chi connectivity index (χ4v) is 2.11. The van der Waals surface area contributed by atoms with E-state index < -0.39 is 12.0 Å². The first-order valence-corrected chi connectivity index (χ1v) is 7.21. The Morgan fingerprint density at radius 3 is 2.62 bits per heavy atom. The van der Waals surface area contributed by atoms with Crippen LogP contribution in [0.15, 0.2) is 36.4 Å². The van der Waals surface area contributed by atoms with Crippen LogP contribution in [0.25, 0.3) is 0 Å². The number of halogens is 1. The van der Waals surface area contributed by atoms with E-state index in [9.17, 15) is 9.59 Å². The number of carbonyl (C=O) groups is 2. The van der Waals surface area contributed by atoms with Gasteiger partial charge in [-0.25, -0.2) is 4.79 Å². The van der Waals surface area contributed by atoms with Crippen molar-refractivity contribution in [2.75, 3.05) is 0 Å². The second kappa shape index (κ2) is 8.47. The lowest BCUT2D eigenvalue weighted by molar-refractivity contribution is -0.142. The molecule has 0 radical (unpaired) electrons. The zero-order chi connectivity index (χ0) is 15.8. The van der Waals surface area contributed by atoms with Crippen molar-refractivity contribution in [3.63, 3.8) is 0 Å². The van der Waals surface area contributed by atoms with E-state index in [0.29, 0.717) is 11.4 Å². The average molecular weight is 310 g/mol. The first-order valence-electron chi connectivity index (χ1n) is 6.83. The van der Waals surface area contributed by atoms with Crippen molar-refractivity contribution >= 4 is 23.5 Å². The molecule has 1 aromatic rings. The van der Waals surface area contributed by atoms with Crippen molar-refractivity contribution < 1.29 is 14.7 Å². The van der Waals surface area contributed by atoms with Crippen LogP contribution in [-0.2, 0) is 16.0 Å². The van der Waals surface area contributed by atoms with Crippen molar-refractivity contribution in [2.24, 2.45) is 5.92 Å². The van der Waals surface area contributed by atoms with Gasteiger partial charge in [0.05, 0.1) is 0 Å². The minimum Gasteiger partial charge on any atom is -0.480 e. The third-order valence-corrected chi connectivity index (χ3v) is 3.52. The summed E-state index contributed by atoms with van der Waals surface area (Å²) < 4.78 is 0. The van der Waals surface area contributed by atoms with E-state index in [1.807, 2.05) is 18.2 Å². The Balaban J connectivity index is 2.65. The molecule has 2 atom stereocenters. The van der Waals surface area contributed by atoms with Crippen LogP contribution in [0.3, 0.4) is 0 Å². The summed E-state index contributed by atoms with van der Waals surface area (Å²) in [6.45, 7) is 3.56. The topological polar surface area (TPSA) is 66.4 Å². The molecule has 5 heteroatoms. The van der Waals surface area contributed by atoms with Gasteiger partial charge in [-0.1, -0.05) is 48.9 Å². The van der Waals surface area contributed by atoms with E-state index in [4.69, 9.17) is 16.7 Å². The van der Waals surface area contributed by atoms with E-state index in [1.54, 1.807) is 32.1 Å². The van der Waals surface area contributed by atoms with Crippen molar-refractivity contribution in [3.8, 4) is 0 Å². The molecule has 1 rings (SSSR count). The normalized spacial score (nSPS) is 13.9. The molecule has 0 aliphatic rings. The summed E-state index contributed by atoms with van der Waals surface area (Å²) in [5.41, 5.74) is 0.877. The third-order valence-electron chi connectivity index (χ3n) is 3.15. The lowest BCUT2D eigenvalue weighted by Gasteiger charge is -2.17. The fourth-order valence-electron chi connectivity index (χ4n) is 1.89. The maximum atomic E-state index is 12.1. The van der Waals surface area contributed by atoms with Crippen LogP contribution in [0.4, 0.5) is 0 Å². The molecule has 0 heterocycles. The van der Waals surface area contributed by atoms with Crippen molar-refractivity contribution in [3.05, 3.63) is 47.0 Å². The Morgan fingerprint density at radius 1 is 1.38 bits per heavy atom. The van der Waals surface area contributed by atoms with Gasteiger partial charge in [0.2, 0.25) is 5.91 Å². The molecule has 0 aliphatic carbocycles. The Hall–Kier alpha value is -1.81. The van der Waals surface area contributed by atoms with Crippen LogP contribution in [0.2, 0.25) is 5.02 Å². The van der Waals surface area contributed by atoms with E-state index in [-0.39, 0.29) is 18.2 Å². The highest BCUT2D eigenvalue weighted by atomic mass is 35.5. The van der Waals surface area contributed by atoms with Gasteiger partial charge in [-0.05, 0) is 31.4 Å². The molecule has 21 heavy (non-hydrogen) atoms. The molecular formula is C16H20ClNO3. The summed E-state index contributed by atoms with van der Waals surface area (Å²) in [6.07, 6.45) is 4.23. The number of carboxylic acid groups (broad SMARTS) is 1. The molecule has 0 saturated heterocycles. The maximum Gasteiger partial charge on any atom is 0.326 e. The molecule has 0 bridgehead atoms. The number of hydrogen-bond donors (Lipinski definition) is 2. The van der Waals surface area contributed by atoms with Crippen LogP contribution in [-0.4, -0.2) is 23.0 Å². The highest BCUT2D eigenvalue weighted by Crippen LogP contribution is 2.19. The van der Waals surface area contributed by atoms with E-state index >= 15 is 0 Å². The van der Waals surface area contributed by atoms with Crippen molar-refractivity contribution in [1.82, 2.24) is 5.32 Å². The molecule has 0 spiro atoms. The molecule has 0 saturated carbocycles. The molecule has 0 aliphatic heterocycles. The number of allylic oxidation sites excluding steroid dienone is 1. The van der Waals surface area contributed by atoms with Crippen molar-refractivity contribution in [1.29, 1.82) is 0 Å². The summed E-state index contributed by atoms with van der Waals surface area (Å²) in [6, 6.07) is 6.42. The smallest absolute Gasteiger partial charge is 0.326 e. The number of carboxylic acids is 1. The van der Waals surface area contributed by atoms with E-state index in [2.05, 4.69) is 5.32 Å². The van der Waals surface area contributed by atoms with Crippen LogP contribution in [0.1, 0.15) is 25.8 Å². The molecule has 4 nitrogen and oxygen atoms in total. The number of rotatable bonds is 7. The van der Waals surface area contributed by atoms with E-state index in [0.717, 1.165) is 5.56 Å². The largest absolute Gasteiger partial charge is 0.480 e. The zero-order valence-corrected chi connectivity index (χ0v) is 12.9. The first-order chi connectivity index (χ1) is 9.95. The number of hydrogen-bond acceptors (Lipinski definition) is 2. The van der Waals surface area contributed by atoms with Gasteiger partial charge in [0, 0.05) is 10.9 Å². The Labute approximate surface area is 129 Å². The minimum atomic E-state index is -1.04. The fraction of sp³-hybridized carbons (Fsp3) is 0.375. The van der Waals surface area contributed by atoms with Gasteiger partial charge in [0.15, 0.2) is 0 Å². The molecule has 1 amide bonds. The molecule has 0 aromatic heterocycles. The lowest BCUT2D eigenvalue weighted by atomic mass is 9.99. The number of carbonyl (C=O) groups excluding carboxylic acids is 1. The summed E-state index contributed by atoms with van der Waals surface area (Å²) >= 11 is 6.06. The summed E-state index contributed by atoms with van der Waals surface area (Å²) in [7, 11) is 0. The van der Waals surface area contributed by atoms with Gasteiger partial charge in [0.25, 0.3) is 0 Å². The van der Waals surface area contributed by atoms with Gasteiger partial charge in [-0.2, -0.15) is 0 Å². The number of aliphatic carboxylic acids is 1. The quantitative estimate of drug-likeness (QED) is 0.761. The second-order valence-corrected chi connectivity index (χ2v) is 5.31. The average Bonchev–Trinajstić information content (AvgIpc) is 2.45. The van der Waals surface area contributed by atoms with Crippen LogP contribution >= 0.6 is 11.6 Å². The van der Waals surface area contributed by atoms with Crippen LogP contribution < -0.4 is 5.32 Å². The van der Waals surface area contributed by atoms with Crippen molar-refractivity contribution in [2.45, 2.75) is 32.7 Å². The van der Waals surface area contributed by atoms with Crippen LogP contribution in [0, 0.1) is 5.92 Å². The molecule has 0 fully saturated rings. The summed E-state index contributed by atoms with van der Waals surface area (Å²) in [4.78, 5) is 23.2. The number of benzene rings is 1. The first kappa shape index (κ1) is 17.2. The Bertz CT molecular complexity index is 528. The highest BCUT2D eigenvalue weighted by molar-refractivity contribution is 6.31. The summed E-state index contributed by atoms with van der Waals surface area (Å²) in [5, 5.41) is 12.3. The third kappa shape index (κ3) is 5.60. The molecule has 2 N–H and O–H groups in total. The van der Waals surface area contributed by atoms with E-state index in [1.165, 1.54) is 0 Å². The Kier molecular flexibility index (Phi) is 6.96. The molecule has 2 unspecified atom stereocenters. The van der Waals surface area contributed by atoms with Crippen LogP contribution in [0.5, 0.6) is 0 Å². The number of nitrogens with one attached hydrogen (secondary N) is 1. The predicted octanol–water partition coefficient (Wildman–Crippen LogP) is 3.05. The van der Waals surface area contributed by atoms with Gasteiger partial charge in [0.1, 0.15) is 6.04 Å². The standard InChI is InChI=1S/C16H20ClNO3/c1-3-4-9-14(16(20)21)18-15(19)11(2)10-12-7-5-6-8-13(12)17/h3-8,11,14H,9-10H2,1-2H3,(H,18,19)(H,20,21)/b4-3+. The minimum absolute atomic E-state index is 0.274. The molecule has 1 aromatic carbocycles. The van der Waals surface area contributed by atoms with Gasteiger partial charge in [-0.3, -0.25) is 4.79 Å². The SMILES string of the molecule is C/C=C/CC(NC(=O)C(C)Cc1ccccc1Cl)C(=O)O. The monoisotopic (exact) mass is 309 g/mol. The Morgan fingerprint density at radius 2 is 2.05 bits per heavy atom. The maximum absolute atomic E-state index is 12.1. The number of amides is 1. The van der Waals surface area contributed by atoms with Gasteiger partial charge < -0.3 is 10.4 Å². The predicted molar refractivity (Wildman–Crippen MR) is 83.3 cm³/mol. The highest BCUT2D eigenvalue weighted by Gasteiger charge is 2.22. The van der Waals surface area contributed by atoms with Gasteiger partial charge >= 0.3 is 5.97 Å².